The number of anilines is 1. The zero-order valence-electron chi connectivity index (χ0n) is 17.1. The van der Waals surface area contributed by atoms with Gasteiger partial charge in [0.15, 0.2) is 0 Å². The fraction of sp³-hybridized carbons (Fsp3) is 0.619. The van der Waals surface area contributed by atoms with Gasteiger partial charge in [-0.05, 0) is 44.4 Å². The molecule has 1 saturated carbocycles. The van der Waals surface area contributed by atoms with Crippen LogP contribution in [-0.2, 0) is 9.59 Å². The van der Waals surface area contributed by atoms with E-state index in [9.17, 15) is 9.59 Å². The Morgan fingerprint density at radius 1 is 1.30 bits per heavy atom. The normalized spacial score (nSPS) is 23.6. The van der Waals surface area contributed by atoms with Crippen LogP contribution in [0.5, 0.6) is 5.75 Å². The van der Waals surface area contributed by atoms with E-state index in [1.54, 1.807) is 25.1 Å². The van der Waals surface area contributed by atoms with Crippen molar-refractivity contribution in [1.29, 1.82) is 0 Å². The SMILES string of the molecule is COc1cccc(NC(=O)CN(C)[C@H](C)C(=O)N[C@@H]2CCC[C@@H](C)[C@H]2C)c1. The molecule has 2 amide bonds. The van der Waals surface area contributed by atoms with Crippen molar-refractivity contribution in [3.63, 3.8) is 0 Å². The average Bonchev–Trinajstić information content (AvgIpc) is 2.64. The summed E-state index contributed by atoms with van der Waals surface area (Å²) in [5.74, 6) is 1.62. The van der Waals surface area contributed by atoms with Crippen LogP contribution in [0.2, 0.25) is 0 Å². The van der Waals surface area contributed by atoms with E-state index in [-0.39, 0.29) is 30.4 Å². The van der Waals surface area contributed by atoms with Crippen LogP contribution in [0.3, 0.4) is 0 Å². The van der Waals surface area contributed by atoms with Crippen LogP contribution in [0, 0.1) is 11.8 Å². The van der Waals surface area contributed by atoms with Crippen molar-refractivity contribution in [1.82, 2.24) is 10.2 Å². The van der Waals surface area contributed by atoms with Crippen molar-refractivity contribution in [3.8, 4) is 5.75 Å². The first-order valence-electron chi connectivity index (χ1n) is 9.76. The second-order valence-corrected chi connectivity index (χ2v) is 7.75. The van der Waals surface area contributed by atoms with Crippen LogP contribution in [0.4, 0.5) is 5.69 Å². The molecule has 27 heavy (non-hydrogen) atoms. The molecule has 6 nitrogen and oxygen atoms in total. The standard InChI is InChI=1S/C21H33N3O3/c1-14-8-6-11-19(15(14)2)23-21(26)16(3)24(4)13-20(25)22-17-9-7-10-18(12-17)27-5/h7,9-10,12,14-16,19H,6,8,11,13H2,1-5H3,(H,22,25)(H,23,26)/t14-,15-,16-,19-/m1/s1. The minimum Gasteiger partial charge on any atom is -0.497 e. The second kappa shape index (κ2) is 9.74. The summed E-state index contributed by atoms with van der Waals surface area (Å²) in [7, 11) is 3.38. The maximum Gasteiger partial charge on any atom is 0.238 e. The van der Waals surface area contributed by atoms with Gasteiger partial charge in [-0.1, -0.05) is 32.8 Å². The zero-order valence-corrected chi connectivity index (χ0v) is 17.1. The lowest BCUT2D eigenvalue weighted by molar-refractivity contribution is -0.127. The third kappa shape index (κ3) is 5.96. The summed E-state index contributed by atoms with van der Waals surface area (Å²) in [6.45, 7) is 6.44. The van der Waals surface area contributed by atoms with Crippen molar-refractivity contribution >= 4 is 17.5 Å². The third-order valence-corrected chi connectivity index (χ3v) is 5.82. The Hall–Kier alpha value is -2.08. The number of hydrogen-bond donors (Lipinski definition) is 2. The molecular weight excluding hydrogens is 342 g/mol. The van der Waals surface area contributed by atoms with Gasteiger partial charge in [-0.25, -0.2) is 0 Å². The first-order valence-corrected chi connectivity index (χ1v) is 9.76. The molecule has 1 aromatic carbocycles. The van der Waals surface area contributed by atoms with Crippen molar-refractivity contribution < 1.29 is 14.3 Å². The number of ether oxygens (including phenoxy) is 1. The highest BCUT2D eigenvalue weighted by Crippen LogP contribution is 2.29. The number of methoxy groups -OCH3 is 1. The largest absolute Gasteiger partial charge is 0.497 e. The molecule has 0 aliphatic heterocycles. The van der Waals surface area contributed by atoms with E-state index in [4.69, 9.17) is 4.74 Å². The fourth-order valence-electron chi connectivity index (χ4n) is 3.55. The van der Waals surface area contributed by atoms with Crippen LogP contribution in [0.15, 0.2) is 24.3 Å². The average molecular weight is 376 g/mol. The Kier molecular flexibility index (Phi) is 7.66. The smallest absolute Gasteiger partial charge is 0.238 e. The molecule has 0 radical (unpaired) electrons. The van der Waals surface area contributed by atoms with E-state index in [1.807, 2.05) is 25.1 Å². The zero-order chi connectivity index (χ0) is 20.0. The van der Waals surface area contributed by atoms with Gasteiger partial charge in [0.2, 0.25) is 11.8 Å². The molecule has 0 bridgehead atoms. The van der Waals surface area contributed by atoms with Gasteiger partial charge in [-0.2, -0.15) is 0 Å². The van der Waals surface area contributed by atoms with Gasteiger partial charge in [0.05, 0.1) is 19.7 Å². The fourth-order valence-corrected chi connectivity index (χ4v) is 3.55. The van der Waals surface area contributed by atoms with Crippen molar-refractivity contribution in [2.45, 2.75) is 52.1 Å². The lowest BCUT2D eigenvalue weighted by atomic mass is 9.78. The molecule has 150 valence electrons. The second-order valence-electron chi connectivity index (χ2n) is 7.75. The van der Waals surface area contributed by atoms with Crippen LogP contribution in [0.25, 0.3) is 0 Å². The van der Waals surface area contributed by atoms with Crippen molar-refractivity contribution in [2.75, 3.05) is 26.0 Å². The third-order valence-electron chi connectivity index (χ3n) is 5.82. The molecule has 2 rings (SSSR count). The number of carbonyl (C=O) groups excluding carboxylic acids is 2. The molecule has 6 heteroatoms. The predicted molar refractivity (Wildman–Crippen MR) is 108 cm³/mol. The molecule has 4 atom stereocenters. The van der Waals surface area contributed by atoms with E-state index in [2.05, 4.69) is 24.5 Å². The molecule has 2 N–H and O–H groups in total. The van der Waals surface area contributed by atoms with Crippen LogP contribution >= 0.6 is 0 Å². The van der Waals surface area contributed by atoms with Crippen molar-refractivity contribution in [3.05, 3.63) is 24.3 Å². The number of hydrogen-bond acceptors (Lipinski definition) is 4. The summed E-state index contributed by atoms with van der Waals surface area (Å²) in [6.07, 6.45) is 3.42. The van der Waals surface area contributed by atoms with E-state index in [1.165, 1.54) is 6.42 Å². The summed E-state index contributed by atoms with van der Waals surface area (Å²) in [5, 5.41) is 6.03. The molecule has 1 aliphatic rings. The molecule has 1 aromatic rings. The Morgan fingerprint density at radius 2 is 2.04 bits per heavy atom. The topological polar surface area (TPSA) is 70.7 Å². The summed E-state index contributed by atoms with van der Waals surface area (Å²) >= 11 is 0. The van der Waals surface area contributed by atoms with Crippen molar-refractivity contribution in [2.24, 2.45) is 11.8 Å². The highest BCUT2D eigenvalue weighted by atomic mass is 16.5. The predicted octanol–water partition coefficient (Wildman–Crippen LogP) is 2.89. The number of nitrogens with one attached hydrogen (secondary N) is 2. The van der Waals surface area contributed by atoms with E-state index in [0.29, 0.717) is 23.3 Å². The monoisotopic (exact) mass is 375 g/mol. The minimum absolute atomic E-state index is 0.0161. The van der Waals surface area contributed by atoms with Gasteiger partial charge in [0, 0.05) is 17.8 Å². The van der Waals surface area contributed by atoms with E-state index in [0.717, 1.165) is 12.8 Å². The van der Waals surface area contributed by atoms with Gasteiger partial charge < -0.3 is 15.4 Å². The summed E-state index contributed by atoms with van der Waals surface area (Å²) in [6, 6.07) is 7.07. The number of likely N-dealkylation sites (N-methyl/N-ethyl adjacent to an activating group) is 1. The molecule has 0 aromatic heterocycles. The maximum atomic E-state index is 12.6. The highest BCUT2D eigenvalue weighted by Gasteiger charge is 2.30. The summed E-state index contributed by atoms with van der Waals surface area (Å²) < 4.78 is 5.16. The number of carbonyl (C=O) groups is 2. The van der Waals surface area contributed by atoms with E-state index < -0.39 is 0 Å². The number of benzene rings is 1. The Balaban J connectivity index is 1.85. The molecular formula is C21H33N3O3. The maximum absolute atomic E-state index is 12.6. The molecule has 0 unspecified atom stereocenters. The van der Waals surface area contributed by atoms with Gasteiger partial charge in [0.1, 0.15) is 5.75 Å². The van der Waals surface area contributed by atoms with Gasteiger partial charge in [-0.3, -0.25) is 14.5 Å². The molecule has 1 aliphatic carbocycles. The number of nitrogens with zero attached hydrogens (tertiary/aromatic N) is 1. The summed E-state index contributed by atoms with van der Waals surface area (Å²) in [5.41, 5.74) is 0.676. The number of amides is 2. The first-order chi connectivity index (χ1) is 12.8. The van der Waals surface area contributed by atoms with E-state index >= 15 is 0 Å². The Labute approximate surface area is 162 Å². The van der Waals surface area contributed by atoms with Crippen LogP contribution in [-0.4, -0.2) is 49.5 Å². The Morgan fingerprint density at radius 3 is 2.74 bits per heavy atom. The van der Waals surface area contributed by atoms with Gasteiger partial charge in [0.25, 0.3) is 0 Å². The first kappa shape index (κ1) is 21.2. The van der Waals surface area contributed by atoms with Crippen LogP contribution in [0.1, 0.15) is 40.0 Å². The highest BCUT2D eigenvalue weighted by molar-refractivity contribution is 5.93. The lowest BCUT2D eigenvalue weighted by Crippen LogP contribution is -2.51. The quantitative estimate of drug-likeness (QED) is 0.769. The Bertz CT molecular complexity index is 649. The molecule has 0 heterocycles. The number of rotatable bonds is 7. The molecule has 0 saturated heterocycles. The molecule has 1 fully saturated rings. The summed E-state index contributed by atoms with van der Waals surface area (Å²) in [4.78, 5) is 26.7. The van der Waals surface area contributed by atoms with Crippen LogP contribution < -0.4 is 15.4 Å². The van der Waals surface area contributed by atoms with Gasteiger partial charge in [-0.15, -0.1) is 0 Å². The lowest BCUT2D eigenvalue weighted by Gasteiger charge is -2.36. The van der Waals surface area contributed by atoms with Gasteiger partial charge >= 0.3 is 0 Å². The minimum atomic E-state index is -0.370. The molecule has 0 spiro atoms.